The minimum atomic E-state index is -0.687. The Morgan fingerprint density at radius 2 is 1.36 bits per heavy atom. The Bertz CT molecular complexity index is 2870. The minimum absolute atomic E-state index is 0.0241. The number of ether oxygens (including phenoxy) is 4. The second-order valence-electron chi connectivity index (χ2n) is 20.1. The molecule has 2 aromatic carbocycles. The van der Waals surface area contributed by atoms with Gasteiger partial charge in [-0.3, -0.25) is 24.1 Å². The van der Waals surface area contributed by atoms with E-state index in [1.54, 1.807) is 0 Å². The molecular formula is C54H61N7O8S. The molecule has 70 heavy (non-hydrogen) atoms. The number of amides is 4. The molecule has 0 radical (unpaired) electrons. The molecule has 1 unspecified atom stereocenters. The van der Waals surface area contributed by atoms with Crippen LogP contribution in [0.25, 0.3) is 33.3 Å². The standard InChI is InChI=1S/C54H61N7O8S/c1-30(2)48(57-53(64)66-3)50(62)59-19-5-7-42(59)40-25-37(29-56-40)34-11-13-38-44-26-35-23-33(12-14-41(35)61(44)52(69-45(38)27-34)47-16-15-46(70-47)31-9-10-31)36-24-39(55-28-36)43-8-6-20-60(43)51(63)49(58-54(65)67-4)32-17-21-68-22-18-32/h11-16,23,26-32,42-43,48-49,52H,5-10,17-22,24-25H2,1-4H3,(H,57,64)(H,58,65)/t42-,43-,48-,49-,52?/m0/s1. The fraction of sp³-hybridized carbons (Fsp3) is 0.481. The maximum Gasteiger partial charge on any atom is 0.407 e. The molecule has 16 heteroatoms. The van der Waals surface area contributed by atoms with E-state index in [4.69, 9.17) is 28.9 Å². The summed E-state index contributed by atoms with van der Waals surface area (Å²) in [5.74, 6) is 1.12. The maximum atomic E-state index is 14.3. The van der Waals surface area contributed by atoms with E-state index in [0.717, 1.165) is 92.2 Å². The van der Waals surface area contributed by atoms with Crippen LogP contribution in [0.3, 0.4) is 0 Å². The molecule has 4 aromatic rings. The summed E-state index contributed by atoms with van der Waals surface area (Å²) < 4.78 is 24.8. The van der Waals surface area contributed by atoms with E-state index >= 15 is 0 Å². The molecule has 15 nitrogen and oxygen atoms in total. The van der Waals surface area contributed by atoms with E-state index in [9.17, 15) is 19.2 Å². The van der Waals surface area contributed by atoms with Crippen molar-refractivity contribution in [2.45, 2.75) is 114 Å². The van der Waals surface area contributed by atoms with Gasteiger partial charge in [-0.25, -0.2) is 9.59 Å². The largest absolute Gasteiger partial charge is 0.464 e. The third kappa shape index (κ3) is 8.71. The van der Waals surface area contributed by atoms with Crippen LogP contribution in [0.5, 0.6) is 5.75 Å². The molecule has 2 N–H and O–H groups in total. The lowest BCUT2D eigenvalue weighted by molar-refractivity contribution is -0.135. The van der Waals surface area contributed by atoms with E-state index in [2.05, 4.69) is 69.8 Å². The van der Waals surface area contributed by atoms with Crippen molar-refractivity contribution in [1.29, 1.82) is 0 Å². The Balaban J connectivity index is 0.835. The molecule has 11 rings (SSSR count). The Morgan fingerprint density at radius 3 is 2.01 bits per heavy atom. The second kappa shape index (κ2) is 19.2. The van der Waals surface area contributed by atoms with E-state index in [-0.39, 0.29) is 42.0 Å². The number of allylic oxidation sites excluding steroid dienone is 2. The summed E-state index contributed by atoms with van der Waals surface area (Å²) in [5.41, 5.74) is 9.40. The molecule has 1 aliphatic carbocycles. The van der Waals surface area contributed by atoms with Crippen molar-refractivity contribution in [3.63, 3.8) is 0 Å². The van der Waals surface area contributed by atoms with Crippen LogP contribution in [-0.4, -0.2) is 114 Å². The van der Waals surface area contributed by atoms with Gasteiger partial charge in [-0.1, -0.05) is 26.0 Å². The number of alkyl carbamates (subject to hydrolysis) is 2. The van der Waals surface area contributed by atoms with Crippen LogP contribution < -0.4 is 15.4 Å². The summed E-state index contributed by atoms with van der Waals surface area (Å²) in [6.07, 6.45) is 10.8. The van der Waals surface area contributed by atoms with Gasteiger partial charge < -0.3 is 39.4 Å². The zero-order valence-corrected chi connectivity index (χ0v) is 41.1. The van der Waals surface area contributed by atoms with Crippen molar-refractivity contribution >= 4 is 68.8 Å². The third-order valence-electron chi connectivity index (χ3n) is 15.4. The quantitative estimate of drug-likeness (QED) is 0.142. The van der Waals surface area contributed by atoms with Gasteiger partial charge in [-0.15, -0.1) is 11.3 Å². The Labute approximate surface area is 412 Å². The van der Waals surface area contributed by atoms with Crippen LogP contribution in [0.15, 0.2) is 77.0 Å². The number of methoxy groups -OCH3 is 2. The molecule has 4 amide bonds. The van der Waals surface area contributed by atoms with Gasteiger partial charge >= 0.3 is 12.2 Å². The van der Waals surface area contributed by atoms with E-state index in [1.807, 2.05) is 47.4 Å². The van der Waals surface area contributed by atoms with Crippen LogP contribution in [0.4, 0.5) is 9.59 Å². The van der Waals surface area contributed by atoms with Gasteiger partial charge in [-0.2, -0.15) is 0 Å². The lowest BCUT2D eigenvalue weighted by Gasteiger charge is -2.34. The number of nitrogens with zero attached hydrogens (tertiary/aromatic N) is 5. The number of likely N-dealkylation sites (tertiary alicyclic amines) is 2. The van der Waals surface area contributed by atoms with Gasteiger partial charge in [0.1, 0.15) is 17.8 Å². The lowest BCUT2D eigenvalue weighted by Crippen LogP contribution is -2.55. The highest BCUT2D eigenvalue weighted by molar-refractivity contribution is 7.12. The van der Waals surface area contributed by atoms with Crippen LogP contribution in [-0.2, 0) is 23.8 Å². The predicted octanol–water partition coefficient (Wildman–Crippen LogP) is 9.07. The normalized spacial score (nSPS) is 23.0. The summed E-state index contributed by atoms with van der Waals surface area (Å²) in [5, 5.41) is 6.72. The van der Waals surface area contributed by atoms with Crippen molar-refractivity contribution < 1.29 is 38.1 Å². The van der Waals surface area contributed by atoms with Gasteiger partial charge in [-0.05, 0) is 134 Å². The molecule has 7 aliphatic rings. The molecule has 1 saturated carbocycles. The van der Waals surface area contributed by atoms with E-state index < -0.39 is 24.3 Å². The number of aliphatic imine (C=N–C) groups is 2. The molecule has 5 atom stereocenters. The number of fused-ring (bicyclic) bond motifs is 5. The van der Waals surface area contributed by atoms with Crippen molar-refractivity contribution in [3.8, 4) is 17.0 Å². The zero-order valence-electron chi connectivity index (χ0n) is 40.3. The van der Waals surface area contributed by atoms with Crippen molar-refractivity contribution in [1.82, 2.24) is 25.0 Å². The monoisotopic (exact) mass is 967 g/mol. The smallest absolute Gasteiger partial charge is 0.407 e. The second-order valence-corrected chi connectivity index (χ2v) is 21.2. The average Bonchev–Trinajstić information content (AvgIpc) is 4.11. The lowest BCUT2D eigenvalue weighted by atomic mass is 9.90. The number of thiophene rings is 1. The number of rotatable bonds is 12. The fourth-order valence-electron chi connectivity index (χ4n) is 11.5. The molecule has 8 heterocycles. The Morgan fingerprint density at radius 1 is 0.729 bits per heavy atom. The maximum absolute atomic E-state index is 14.3. The zero-order chi connectivity index (χ0) is 48.2. The summed E-state index contributed by atoms with van der Waals surface area (Å²) in [7, 11) is 2.63. The number of carbonyl (C=O) groups is 4. The molecule has 2 aromatic heterocycles. The van der Waals surface area contributed by atoms with Gasteiger partial charge in [0.15, 0.2) is 0 Å². The molecule has 4 fully saturated rings. The number of hydrogen-bond donors (Lipinski definition) is 2. The van der Waals surface area contributed by atoms with Gasteiger partial charge in [0.2, 0.25) is 18.0 Å². The topological polar surface area (TPSA) is 165 Å². The van der Waals surface area contributed by atoms with Crippen LogP contribution in [0.1, 0.15) is 111 Å². The molecule has 366 valence electrons. The van der Waals surface area contributed by atoms with Crippen molar-refractivity contribution in [2.75, 3.05) is 40.5 Å². The first kappa shape index (κ1) is 46.1. The van der Waals surface area contributed by atoms with Crippen LogP contribution in [0.2, 0.25) is 0 Å². The van der Waals surface area contributed by atoms with Crippen LogP contribution in [0, 0.1) is 11.8 Å². The van der Waals surface area contributed by atoms with Gasteiger partial charge in [0.25, 0.3) is 0 Å². The van der Waals surface area contributed by atoms with Gasteiger partial charge in [0.05, 0.1) is 42.4 Å². The highest BCUT2D eigenvalue weighted by Crippen LogP contribution is 2.50. The molecule has 0 spiro atoms. The first-order chi connectivity index (χ1) is 34.1. The summed E-state index contributed by atoms with van der Waals surface area (Å²) >= 11 is 1.84. The number of carbonyl (C=O) groups excluding carboxylic acids is 4. The highest BCUT2D eigenvalue weighted by atomic mass is 32.1. The van der Waals surface area contributed by atoms with Crippen molar-refractivity contribution in [2.24, 2.45) is 21.8 Å². The van der Waals surface area contributed by atoms with E-state index in [0.29, 0.717) is 57.9 Å². The molecule has 0 bridgehead atoms. The van der Waals surface area contributed by atoms with Gasteiger partial charge in [0, 0.05) is 78.8 Å². The number of benzene rings is 2. The molecule has 3 saturated heterocycles. The first-order valence-electron chi connectivity index (χ1n) is 25.0. The molecular weight excluding hydrogens is 907 g/mol. The highest BCUT2D eigenvalue weighted by Gasteiger charge is 2.42. The number of nitrogens with one attached hydrogen (secondary N) is 2. The predicted molar refractivity (Wildman–Crippen MR) is 269 cm³/mol. The van der Waals surface area contributed by atoms with Crippen molar-refractivity contribution in [3.05, 3.63) is 87.9 Å². The summed E-state index contributed by atoms with van der Waals surface area (Å²) in [6.45, 7) is 6.21. The van der Waals surface area contributed by atoms with E-state index in [1.165, 1.54) is 31.9 Å². The van der Waals surface area contributed by atoms with Crippen LogP contribution >= 0.6 is 11.3 Å². The average molecular weight is 968 g/mol. The third-order valence-corrected chi connectivity index (χ3v) is 16.7. The number of hydrogen-bond acceptors (Lipinski definition) is 11. The summed E-state index contributed by atoms with van der Waals surface area (Å²) in [6, 6.07) is 18.2. The SMILES string of the molecule is COC(=O)N[C@H](C(=O)N1CCC[C@H]1C1=NC=C(c2ccc3c(c2)OC(c2ccc(C4CC4)s2)n2c-3cc3cc(C4=CN=C([C@@H]5CCCN5C(=O)[C@@H](NC(=O)OC)C5CCOCC5)C4)ccc32)C1)C(C)C. The Kier molecular flexibility index (Phi) is 12.6. The minimum Gasteiger partial charge on any atom is -0.464 e. The summed E-state index contributed by atoms with van der Waals surface area (Å²) in [4.78, 5) is 69.0. The molecule has 6 aliphatic heterocycles. The first-order valence-corrected chi connectivity index (χ1v) is 25.8. The number of aromatic nitrogens is 1. The fourth-order valence-corrected chi connectivity index (χ4v) is 12.7. The Hall–Kier alpha value is -6.26.